The third-order valence-electron chi connectivity index (χ3n) is 3.57. The lowest BCUT2D eigenvalue weighted by molar-refractivity contribution is 0.174. The molecule has 0 bridgehead atoms. The number of fused-ring (bicyclic) bond motifs is 2. The number of nitrogens with zero attached hydrogens (tertiary/aromatic N) is 3. The van der Waals surface area contributed by atoms with E-state index in [-0.39, 0.29) is 12.5 Å². The Labute approximate surface area is 125 Å². The topological polar surface area (TPSA) is 89.6 Å². The first-order chi connectivity index (χ1) is 10.6. The molecule has 1 aromatic heterocycles. The van der Waals surface area contributed by atoms with Crippen molar-refractivity contribution in [2.24, 2.45) is 0 Å². The van der Waals surface area contributed by atoms with Gasteiger partial charge < -0.3 is 19.7 Å². The van der Waals surface area contributed by atoms with E-state index in [2.05, 4.69) is 10.2 Å². The van der Waals surface area contributed by atoms with Crippen molar-refractivity contribution in [2.45, 2.75) is 13.0 Å². The van der Waals surface area contributed by atoms with Crippen LogP contribution < -0.4 is 9.47 Å². The van der Waals surface area contributed by atoms with Crippen molar-refractivity contribution in [2.75, 3.05) is 6.79 Å². The van der Waals surface area contributed by atoms with Crippen molar-refractivity contribution in [1.29, 1.82) is 0 Å². The number of phenols is 1. The summed E-state index contributed by atoms with van der Waals surface area (Å²) in [5.41, 5.74) is 2.46. The molecule has 7 nitrogen and oxygen atoms in total. The maximum Gasteiger partial charge on any atom is 0.231 e. The number of benzene rings is 2. The first-order valence-electron chi connectivity index (χ1n) is 6.80. The Hall–Kier alpha value is -2.80. The molecule has 0 aliphatic carbocycles. The van der Waals surface area contributed by atoms with Gasteiger partial charge in [0.15, 0.2) is 11.5 Å². The third-order valence-corrected chi connectivity index (χ3v) is 3.57. The van der Waals surface area contributed by atoms with Crippen molar-refractivity contribution in [3.05, 3.63) is 35.9 Å². The summed E-state index contributed by atoms with van der Waals surface area (Å²) in [4.78, 5) is 1.34. The molecule has 0 amide bonds. The summed E-state index contributed by atoms with van der Waals surface area (Å²) in [6.45, 7) is 1.82. The molecule has 2 heterocycles. The van der Waals surface area contributed by atoms with Gasteiger partial charge in [0, 0.05) is 12.1 Å². The summed E-state index contributed by atoms with van der Waals surface area (Å²) in [5, 5.41) is 28.4. The second-order valence-electron chi connectivity index (χ2n) is 5.11. The number of hydrogen-bond donors (Lipinski definition) is 2. The number of aromatic nitrogens is 3. The highest BCUT2D eigenvalue weighted by Gasteiger charge is 2.19. The van der Waals surface area contributed by atoms with Crippen LogP contribution in [-0.4, -0.2) is 32.0 Å². The number of hydrogen-bond acceptors (Lipinski definition) is 6. The summed E-state index contributed by atoms with van der Waals surface area (Å²) in [6.07, 6.45) is -0.575. The van der Waals surface area contributed by atoms with Gasteiger partial charge in [0.25, 0.3) is 0 Å². The summed E-state index contributed by atoms with van der Waals surface area (Å²) in [7, 11) is 0. The number of aliphatic hydroxyl groups is 1. The minimum atomic E-state index is -0.575. The van der Waals surface area contributed by atoms with Gasteiger partial charge >= 0.3 is 0 Å². The first-order valence-corrected chi connectivity index (χ1v) is 6.80. The van der Waals surface area contributed by atoms with Gasteiger partial charge in [-0.05, 0) is 24.6 Å². The molecule has 112 valence electrons. The zero-order valence-electron chi connectivity index (χ0n) is 11.7. The van der Waals surface area contributed by atoms with Crippen LogP contribution in [0.1, 0.15) is 18.6 Å². The lowest BCUT2D eigenvalue weighted by atomic mass is 10.1. The number of phenolic OH excluding ortho intramolecular Hbond substituents is 1. The van der Waals surface area contributed by atoms with Crippen LogP contribution in [-0.2, 0) is 0 Å². The number of rotatable bonds is 2. The molecule has 1 aliphatic heterocycles. The minimum Gasteiger partial charge on any atom is -0.505 e. The summed E-state index contributed by atoms with van der Waals surface area (Å²) < 4.78 is 10.5. The minimum absolute atomic E-state index is 0.000283. The molecule has 2 aromatic carbocycles. The fourth-order valence-electron chi connectivity index (χ4n) is 2.38. The molecule has 0 saturated carbocycles. The molecule has 0 spiro atoms. The summed E-state index contributed by atoms with van der Waals surface area (Å²) >= 11 is 0. The van der Waals surface area contributed by atoms with Crippen LogP contribution in [0.5, 0.6) is 17.2 Å². The summed E-state index contributed by atoms with van der Waals surface area (Å²) in [6, 6.07) is 8.46. The predicted octanol–water partition coefficient (Wildman–Crippen LogP) is 1.91. The maximum absolute atomic E-state index is 10.1. The largest absolute Gasteiger partial charge is 0.505 e. The molecule has 0 fully saturated rings. The van der Waals surface area contributed by atoms with Crippen LogP contribution in [0.15, 0.2) is 30.3 Å². The fraction of sp³-hybridized carbons (Fsp3) is 0.200. The smallest absolute Gasteiger partial charge is 0.231 e. The van der Waals surface area contributed by atoms with E-state index in [1.807, 2.05) is 0 Å². The van der Waals surface area contributed by atoms with Crippen molar-refractivity contribution < 1.29 is 19.7 Å². The van der Waals surface area contributed by atoms with Gasteiger partial charge in [-0.15, -0.1) is 15.0 Å². The Bertz CT molecular complexity index is 873. The maximum atomic E-state index is 10.1. The monoisotopic (exact) mass is 299 g/mol. The normalized spacial score (nSPS) is 14.5. The van der Waals surface area contributed by atoms with Crippen LogP contribution in [0.2, 0.25) is 0 Å². The average molecular weight is 299 g/mol. The highest BCUT2D eigenvalue weighted by molar-refractivity contribution is 5.75. The summed E-state index contributed by atoms with van der Waals surface area (Å²) in [5.74, 6) is 1.04. The van der Waals surface area contributed by atoms with Crippen LogP contribution in [0, 0.1) is 0 Å². The number of ether oxygens (including phenoxy) is 2. The first kappa shape index (κ1) is 12.9. The van der Waals surface area contributed by atoms with E-state index in [0.717, 1.165) is 5.56 Å². The van der Waals surface area contributed by atoms with Crippen molar-refractivity contribution in [3.8, 4) is 22.9 Å². The lowest BCUT2D eigenvalue weighted by Crippen LogP contribution is -1.99. The molecular formula is C15H13N3O4. The second kappa shape index (κ2) is 4.60. The van der Waals surface area contributed by atoms with E-state index in [1.54, 1.807) is 31.2 Å². The molecule has 3 aromatic rings. The molecule has 7 heteroatoms. The Morgan fingerprint density at radius 3 is 2.59 bits per heavy atom. The zero-order chi connectivity index (χ0) is 15.3. The number of aliphatic hydroxyl groups excluding tert-OH is 1. The molecular weight excluding hydrogens is 286 g/mol. The molecule has 2 N–H and O–H groups in total. The molecule has 22 heavy (non-hydrogen) atoms. The highest BCUT2D eigenvalue weighted by atomic mass is 16.7. The zero-order valence-corrected chi connectivity index (χ0v) is 11.7. The molecule has 4 rings (SSSR count). The molecule has 0 radical (unpaired) electrons. The Morgan fingerprint density at radius 2 is 1.82 bits per heavy atom. The van der Waals surface area contributed by atoms with Crippen LogP contribution in [0.25, 0.3) is 16.7 Å². The van der Waals surface area contributed by atoms with E-state index >= 15 is 0 Å². The van der Waals surface area contributed by atoms with Crippen molar-refractivity contribution in [3.63, 3.8) is 0 Å². The van der Waals surface area contributed by atoms with E-state index in [1.165, 1.54) is 10.9 Å². The van der Waals surface area contributed by atoms with Crippen LogP contribution in [0.4, 0.5) is 0 Å². The molecule has 1 aliphatic rings. The molecule has 0 saturated heterocycles. The average Bonchev–Trinajstić information content (AvgIpc) is 3.10. The van der Waals surface area contributed by atoms with Gasteiger partial charge in [0.1, 0.15) is 22.5 Å². The van der Waals surface area contributed by atoms with Gasteiger partial charge in [0.2, 0.25) is 6.79 Å². The Balaban J connectivity index is 1.84. The van der Waals surface area contributed by atoms with Gasteiger partial charge in [-0.2, -0.15) is 0 Å². The highest BCUT2D eigenvalue weighted by Crippen LogP contribution is 2.39. The van der Waals surface area contributed by atoms with Crippen LogP contribution >= 0.6 is 0 Å². The number of aromatic hydroxyl groups is 1. The van der Waals surface area contributed by atoms with Gasteiger partial charge in [0.05, 0.1) is 6.10 Å². The Morgan fingerprint density at radius 1 is 1.09 bits per heavy atom. The van der Waals surface area contributed by atoms with Gasteiger partial charge in [-0.1, -0.05) is 6.07 Å². The van der Waals surface area contributed by atoms with Gasteiger partial charge in [-0.3, -0.25) is 0 Å². The van der Waals surface area contributed by atoms with E-state index < -0.39 is 6.10 Å². The van der Waals surface area contributed by atoms with Crippen molar-refractivity contribution >= 4 is 11.0 Å². The fourth-order valence-corrected chi connectivity index (χ4v) is 2.38. The van der Waals surface area contributed by atoms with Gasteiger partial charge in [-0.25, -0.2) is 0 Å². The SMILES string of the molecule is CC(O)c1ccc2nn(-c3cc4c(cc3O)OCO4)nc2c1. The predicted molar refractivity (Wildman–Crippen MR) is 77.3 cm³/mol. The standard InChI is InChI=1S/C15H13N3O4/c1-8(19)9-2-3-10-11(4-9)17-18(16-10)12-5-14-15(6-13(12)20)22-7-21-14/h2-6,8,19-20H,7H2,1H3. The Kier molecular flexibility index (Phi) is 2.70. The quantitative estimate of drug-likeness (QED) is 0.751. The molecule has 1 unspecified atom stereocenters. The van der Waals surface area contributed by atoms with E-state index in [0.29, 0.717) is 28.2 Å². The van der Waals surface area contributed by atoms with E-state index in [4.69, 9.17) is 9.47 Å². The van der Waals surface area contributed by atoms with Crippen molar-refractivity contribution in [1.82, 2.24) is 15.0 Å². The third kappa shape index (κ3) is 1.94. The second-order valence-corrected chi connectivity index (χ2v) is 5.11. The molecule has 1 atom stereocenters. The van der Waals surface area contributed by atoms with E-state index in [9.17, 15) is 10.2 Å². The van der Waals surface area contributed by atoms with Crippen LogP contribution in [0.3, 0.4) is 0 Å². The lowest BCUT2D eigenvalue weighted by Gasteiger charge is -2.04.